The van der Waals surface area contributed by atoms with Gasteiger partial charge in [0.1, 0.15) is 0 Å². The van der Waals surface area contributed by atoms with E-state index in [0.717, 1.165) is 89.2 Å². The SMILES string of the molecule is c1ccc(-c2nc3ccc(-c4ccc(-c5cc(-c6ccccn6)nc(-c6ccccn6)c5)cc4)cc3c3c(-c4ccccn4)cccc23)cc1. The molecule has 9 aromatic rings. The van der Waals surface area contributed by atoms with Gasteiger partial charge in [-0.05, 0) is 82.9 Å². The number of benzene rings is 4. The Labute approximate surface area is 289 Å². The fraction of sp³-hybridized carbons (Fsp3) is 0. The zero-order valence-corrected chi connectivity index (χ0v) is 27.0. The molecular formula is C45H29N5. The third kappa shape index (κ3) is 5.47. The van der Waals surface area contributed by atoms with Crippen LogP contribution in [0.4, 0.5) is 0 Å². The quantitative estimate of drug-likeness (QED) is 0.169. The number of hydrogen-bond donors (Lipinski definition) is 0. The van der Waals surface area contributed by atoms with Gasteiger partial charge in [-0.3, -0.25) is 15.0 Å². The Morgan fingerprint density at radius 1 is 0.320 bits per heavy atom. The predicted octanol–water partition coefficient (Wildman–Crippen LogP) is 11.0. The average molecular weight is 640 g/mol. The fourth-order valence-corrected chi connectivity index (χ4v) is 6.63. The van der Waals surface area contributed by atoms with Crippen molar-refractivity contribution < 1.29 is 0 Å². The number of aromatic nitrogens is 5. The van der Waals surface area contributed by atoms with E-state index in [9.17, 15) is 0 Å². The van der Waals surface area contributed by atoms with Gasteiger partial charge in [0.25, 0.3) is 0 Å². The van der Waals surface area contributed by atoms with Crippen molar-refractivity contribution in [2.45, 2.75) is 0 Å². The lowest BCUT2D eigenvalue weighted by atomic mass is 9.92. The minimum atomic E-state index is 0.806. The van der Waals surface area contributed by atoms with E-state index in [0.29, 0.717) is 0 Å². The summed E-state index contributed by atoms with van der Waals surface area (Å²) in [7, 11) is 0. The van der Waals surface area contributed by atoms with Crippen LogP contribution in [0.25, 0.3) is 89.2 Å². The summed E-state index contributed by atoms with van der Waals surface area (Å²) in [5, 5.41) is 3.34. The number of rotatable bonds is 6. The molecule has 234 valence electrons. The first-order valence-corrected chi connectivity index (χ1v) is 16.6. The van der Waals surface area contributed by atoms with Gasteiger partial charge in [0.15, 0.2) is 0 Å². The van der Waals surface area contributed by atoms with Crippen LogP contribution in [-0.4, -0.2) is 24.9 Å². The lowest BCUT2D eigenvalue weighted by Gasteiger charge is -2.15. The van der Waals surface area contributed by atoms with E-state index in [1.165, 1.54) is 0 Å². The van der Waals surface area contributed by atoms with Gasteiger partial charge in [0, 0.05) is 45.9 Å². The molecule has 0 atom stereocenters. The molecule has 0 radical (unpaired) electrons. The molecule has 0 unspecified atom stereocenters. The van der Waals surface area contributed by atoms with Crippen molar-refractivity contribution in [3.8, 4) is 67.5 Å². The van der Waals surface area contributed by atoms with E-state index in [-0.39, 0.29) is 0 Å². The Hall–Kier alpha value is -6.85. The van der Waals surface area contributed by atoms with Gasteiger partial charge < -0.3 is 0 Å². The molecule has 0 fully saturated rings. The maximum Gasteiger partial charge on any atom is 0.0900 e. The number of nitrogens with zero attached hydrogens (tertiary/aromatic N) is 5. The summed E-state index contributed by atoms with van der Waals surface area (Å²) in [6.07, 6.45) is 5.44. The maximum atomic E-state index is 5.23. The van der Waals surface area contributed by atoms with Gasteiger partial charge in [-0.2, -0.15) is 0 Å². The molecule has 0 aliphatic carbocycles. The van der Waals surface area contributed by atoms with Crippen LogP contribution in [0, 0.1) is 0 Å². The van der Waals surface area contributed by atoms with E-state index in [1.807, 2.05) is 60.8 Å². The summed E-state index contributed by atoms with van der Waals surface area (Å²) in [4.78, 5) is 24.1. The molecule has 4 aromatic carbocycles. The lowest BCUT2D eigenvalue weighted by Crippen LogP contribution is -1.94. The second-order valence-corrected chi connectivity index (χ2v) is 12.1. The Morgan fingerprint density at radius 2 is 0.900 bits per heavy atom. The van der Waals surface area contributed by atoms with Crippen LogP contribution in [0.15, 0.2) is 176 Å². The molecule has 50 heavy (non-hydrogen) atoms. The summed E-state index contributed by atoms with van der Waals surface area (Å²) in [5.74, 6) is 0. The molecule has 0 saturated carbocycles. The van der Waals surface area contributed by atoms with E-state index in [4.69, 9.17) is 15.0 Å². The highest BCUT2D eigenvalue weighted by Crippen LogP contribution is 2.39. The smallest absolute Gasteiger partial charge is 0.0900 e. The monoisotopic (exact) mass is 639 g/mol. The van der Waals surface area contributed by atoms with E-state index >= 15 is 0 Å². The van der Waals surface area contributed by atoms with Gasteiger partial charge in [-0.25, -0.2) is 9.97 Å². The van der Waals surface area contributed by atoms with E-state index in [2.05, 4.69) is 113 Å². The highest BCUT2D eigenvalue weighted by atomic mass is 14.8. The van der Waals surface area contributed by atoms with Crippen molar-refractivity contribution in [2.24, 2.45) is 0 Å². The molecule has 0 aliphatic rings. The number of fused-ring (bicyclic) bond motifs is 3. The number of hydrogen-bond acceptors (Lipinski definition) is 5. The average Bonchev–Trinajstić information content (AvgIpc) is 3.21. The molecule has 0 aliphatic heterocycles. The maximum absolute atomic E-state index is 5.23. The van der Waals surface area contributed by atoms with Crippen LogP contribution < -0.4 is 0 Å². The lowest BCUT2D eigenvalue weighted by molar-refractivity contribution is 1.22. The normalized spacial score (nSPS) is 11.2. The highest BCUT2D eigenvalue weighted by molar-refractivity contribution is 6.17. The highest BCUT2D eigenvalue weighted by Gasteiger charge is 2.16. The van der Waals surface area contributed by atoms with Crippen LogP contribution in [0.5, 0.6) is 0 Å². The van der Waals surface area contributed by atoms with Crippen molar-refractivity contribution in [3.63, 3.8) is 0 Å². The summed E-state index contributed by atoms with van der Waals surface area (Å²) in [6.45, 7) is 0. The van der Waals surface area contributed by atoms with Crippen LogP contribution in [0.3, 0.4) is 0 Å². The first kappa shape index (κ1) is 29.3. The largest absolute Gasteiger partial charge is 0.256 e. The first-order valence-electron chi connectivity index (χ1n) is 16.6. The summed E-state index contributed by atoms with van der Waals surface area (Å²) < 4.78 is 0. The molecule has 0 bridgehead atoms. The molecule has 5 aromatic heterocycles. The zero-order valence-electron chi connectivity index (χ0n) is 27.0. The van der Waals surface area contributed by atoms with Gasteiger partial charge in [-0.1, -0.05) is 97.1 Å². The van der Waals surface area contributed by atoms with Crippen LogP contribution in [0.2, 0.25) is 0 Å². The fourth-order valence-electron chi connectivity index (χ4n) is 6.63. The van der Waals surface area contributed by atoms with E-state index < -0.39 is 0 Å². The summed E-state index contributed by atoms with van der Waals surface area (Å²) in [6, 6.07) is 54.2. The molecular weight excluding hydrogens is 611 g/mol. The van der Waals surface area contributed by atoms with Crippen LogP contribution in [-0.2, 0) is 0 Å². The molecule has 0 saturated heterocycles. The topological polar surface area (TPSA) is 64.5 Å². The molecule has 0 amide bonds. The second-order valence-electron chi connectivity index (χ2n) is 12.1. The first-order chi connectivity index (χ1) is 24.8. The molecule has 5 heteroatoms. The van der Waals surface area contributed by atoms with Crippen molar-refractivity contribution in [2.75, 3.05) is 0 Å². The molecule has 0 spiro atoms. The van der Waals surface area contributed by atoms with Gasteiger partial charge in [0.2, 0.25) is 0 Å². The van der Waals surface area contributed by atoms with E-state index in [1.54, 1.807) is 12.4 Å². The molecule has 0 N–H and O–H groups in total. The summed E-state index contributed by atoms with van der Waals surface area (Å²) >= 11 is 0. The minimum Gasteiger partial charge on any atom is -0.256 e. The van der Waals surface area contributed by atoms with Gasteiger partial charge in [0.05, 0.1) is 39.7 Å². The Kier molecular flexibility index (Phi) is 7.41. The predicted molar refractivity (Wildman–Crippen MR) is 203 cm³/mol. The Morgan fingerprint density at radius 3 is 1.52 bits per heavy atom. The molecule has 5 heterocycles. The van der Waals surface area contributed by atoms with Crippen molar-refractivity contribution in [1.82, 2.24) is 24.9 Å². The molecule has 9 rings (SSSR count). The van der Waals surface area contributed by atoms with Crippen molar-refractivity contribution >= 4 is 21.7 Å². The number of pyridine rings is 5. The standard InChI is InChI=1S/C45H29N5/c1-2-11-32(12-3-1)45-36-14-10-13-35(38-15-4-7-24-46-38)44(36)37-27-33(22-23-39(37)50-45)30-18-20-31(21-19-30)34-28-42(40-16-5-8-25-47-40)49-43(29-34)41-17-6-9-26-48-41/h1-29H. The second kappa shape index (κ2) is 12.6. The van der Waals surface area contributed by atoms with Crippen LogP contribution >= 0.6 is 0 Å². The Bertz CT molecular complexity index is 2550. The van der Waals surface area contributed by atoms with Crippen LogP contribution in [0.1, 0.15) is 0 Å². The van der Waals surface area contributed by atoms with Crippen molar-refractivity contribution in [3.05, 3.63) is 176 Å². The Balaban J connectivity index is 1.17. The zero-order chi connectivity index (χ0) is 33.3. The summed E-state index contributed by atoms with van der Waals surface area (Å²) in [5.41, 5.74) is 12.7. The van der Waals surface area contributed by atoms with Gasteiger partial charge >= 0.3 is 0 Å². The minimum absolute atomic E-state index is 0.806. The third-order valence-corrected chi connectivity index (χ3v) is 9.04. The van der Waals surface area contributed by atoms with Crippen molar-refractivity contribution in [1.29, 1.82) is 0 Å². The molecule has 5 nitrogen and oxygen atoms in total. The van der Waals surface area contributed by atoms with Gasteiger partial charge in [-0.15, -0.1) is 0 Å². The third-order valence-electron chi connectivity index (χ3n) is 9.04.